The average molecular weight is 766 g/mol. The highest BCUT2D eigenvalue weighted by molar-refractivity contribution is 6.40. The van der Waals surface area contributed by atoms with E-state index in [4.69, 9.17) is 4.74 Å². The molecule has 0 spiro atoms. The van der Waals surface area contributed by atoms with Crippen LogP contribution in [-0.4, -0.2) is 77.0 Å². The van der Waals surface area contributed by atoms with Gasteiger partial charge in [-0.15, -0.1) is 0 Å². The van der Waals surface area contributed by atoms with E-state index in [1.54, 1.807) is 4.90 Å². The van der Waals surface area contributed by atoms with Crippen LogP contribution in [0.15, 0.2) is 59.6 Å². The van der Waals surface area contributed by atoms with Gasteiger partial charge >= 0.3 is 11.9 Å². The predicted octanol–water partition coefficient (Wildman–Crippen LogP) is 5.87. The minimum absolute atomic E-state index is 0.0430. The molecule has 0 radical (unpaired) electrons. The van der Waals surface area contributed by atoms with Crippen LogP contribution in [0.3, 0.4) is 0 Å². The van der Waals surface area contributed by atoms with Crippen molar-refractivity contribution in [3.05, 3.63) is 71.3 Å². The van der Waals surface area contributed by atoms with Crippen LogP contribution in [0, 0.1) is 23.7 Å². The van der Waals surface area contributed by atoms with Gasteiger partial charge in [0.2, 0.25) is 17.6 Å². The van der Waals surface area contributed by atoms with Crippen molar-refractivity contribution in [3.63, 3.8) is 0 Å². The van der Waals surface area contributed by atoms with Gasteiger partial charge in [0.15, 0.2) is 0 Å². The van der Waals surface area contributed by atoms with Crippen molar-refractivity contribution in [1.29, 1.82) is 0 Å². The first-order valence-electron chi connectivity index (χ1n) is 21.1. The standard InChI is InChI=1S/C45H59N5O6/c1-29(2)35-25-38(41(52)47-37(22-30-16-17-30)40(51)42(53)46-36-18-19-36)50(26-35)43(54)39(34-23-32-14-8-9-15-33(32)24-34)48-44(55)49-45(20-10-3-4-11-21-45)28-56-27-31-12-6-5-7-13-31/h5-9,12-15,29-30,34-35,37-39H,3-4,10-11,16-28H2,1-2H3,(H,47,52)(H2,48,49,55)/t35-,37?,38?,39+/m1/s1. The molecule has 1 heterocycles. The molecule has 300 valence electrons. The lowest BCUT2D eigenvalue weighted by Gasteiger charge is -2.36. The van der Waals surface area contributed by atoms with Gasteiger partial charge in [-0.2, -0.15) is 0 Å². The number of amides is 5. The lowest BCUT2D eigenvalue weighted by atomic mass is 9.91. The minimum Gasteiger partial charge on any atom is -0.374 e. The third-order valence-corrected chi connectivity index (χ3v) is 12.7. The fourth-order valence-electron chi connectivity index (χ4n) is 9.00. The summed E-state index contributed by atoms with van der Waals surface area (Å²) >= 11 is 0. The van der Waals surface area contributed by atoms with Gasteiger partial charge in [-0.25, -0.2) is 9.79 Å². The van der Waals surface area contributed by atoms with Crippen molar-refractivity contribution in [3.8, 4) is 0 Å². The number of fused-ring (bicyclic) bond motifs is 1. The molecule has 4 atom stereocenters. The number of hydrogen-bond donors (Lipinski definition) is 3. The fraction of sp³-hybridized carbons (Fsp3) is 0.600. The molecule has 4 fully saturated rings. The Morgan fingerprint density at radius 1 is 0.857 bits per heavy atom. The number of ether oxygens (including phenoxy) is 1. The molecular weight excluding hydrogens is 707 g/mol. The third-order valence-electron chi connectivity index (χ3n) is 12.7. The fourth-order valence-corrected chi connectivity index (χ4v) is 9.00. The van der Waals surface area contributed by atoms with Gasteiger partial charge in [0.1, 0.15) is 12.1 Å². The molecule has 2 aromatic rings. The van der Waals surface area contributed by atoms with Gasteiger partial charge in [-0.3, -0.25) is 19.2 Å². The summed E-state index contributed by atoms with van der Waals surface area (Å²) in [4.78, 5) is 75.3. The number of ketones is 1. The van der Waals surface area contributed by atoms with E-state index in [0.717, 1.165) is 80.9 Å². The minimum atomic E-state index is -0.982. The summed E-state index contributed by atoms with van der Waals surface area (Å²) in [5.41, 5.74) is 3.52. The number of benzene rings is 2. The molecule has 11 nitrogen and oxygen atoms in total. The van der Waals surface area contributed by atoms with Gasteiger partial charge in [0.25, 0.3) is 0 Å². The van der Waals surface area contributed by atoms with E-state index in [0.29, 0.717) is 51.2 Å². The van der Waals surface area contributed by atoms with E-state index in [9.17, 15) is 19.2 Å². The van der Waals surface area contributed by atoms with Gasteiger partial charge in [0, 0.05) is 12.3 Å². The molecule has 4 aliphatic carbocycles. The number of rotatable bonds is 15. The molecule has 56 heavy (non-hydrogen) atoms. The summed E-state index contributed by atoms with van der Waals surface area (Å²) in [5.74, 6) is -1.93. The van der Waals surface area contributed by atoms with Crippen LogP contribution in [0.2, 0.25) is 0 Å². The molecule has 7 rings (SSSR count). The van der Waals surface area contributed by atoms with Crippen LogP contribution in [-0.2, 0) is 43.4 Å². The molecule has 0 bridgehead atoms. The van der Waals surface area contributed by atoms with Crippen LogP contribution in [0.4, 0.5) is 4.79 Å². The first kappa shape index (κ1) is 39.8. The number of Topliss-reactive ketones (excluding diaryl/α,β-unsaturated/α-hetero) is 1. The van der Waals surface area contributed by atoms with Crippen LogP contribution in [0.5, 0.6) is 0 Å². The zero-order valence-corrected chi connectivity index (χ0v) is 33.1. The number of nitrogens with one attached hydrogen (secondary N) is 3. The van der Waals surface area contributed by atoms with E-state index < -0.39 is 47.3 Å². The van der Waals surface area contributed by atoms with E-state index in [2.05, 4.69) is 46.9 Å². The van der Waals surface area contributed by atoms with Gasteiger partial charge in [0.05, 0.1) is 24.8 Å². The lowest BCUT2D eigenvalue weighted by Crippen LogP contribution is -2.61. The smallest absolute Gasteiger partial charge is 0.315 e. The Morgan fingerprint density at radius 3 is 2.14 bits per heavy atom. The Kier molecular flexibility index (Phi) is 12.7. The number of urea groups is 1. The number of likely N-dealkylation sites (tertiary alicyclic amines) is 1. The summed E-state index contributed by atoms with van der Waals surface area (Å²) < 4.78 is 6.27. The molecule has 2 aromatic carbocycles. The SMILES string of the molecule is CC(C)[C@@H]1CC(C(=O)NC(CC2CC2)C(=O)C(=O)N=C2CC2)N(C(=O)[C@@H](NC(=O)NC2(COCc3ccccc3)CCCCCC2)C2Cc3ccccc3C2)C1. The maximum absolute atomic E-state index is 15.0. The highest BCUT2D eigenvalue weighted by Gasteiger charge is 2.47. The third kappa shape index (κ3) is 10.1. The van der Waals surface area contributed by atoms with Crippen molar-refractivity contribution in [1.82, 2.24) is 20.9 Å². The van der Waals surface area contributed by atoms with Crippen LogP contribution in [0.25, 0.3) is 0 Å². The molecule has 5 aliphatic rings. The Bertz CT molecular complexity index is 1750. The highest BCUT2D eigenvalue weighted by atomic mass is 16.5. The van der Waals surface area contributed by atoms with Crippen molar-refractivity contribution < 1.29 is 28.7 Å². The molecule has 1 saturated heterocycles. The van der Waals surface area contributed by atoms with Crippen molar-refractivity contribution >= 4 is 35.2 Å². The van der Waals surface area contributed by atoms with Crippen LogP contribution >= 0.6 is 0 Å². The van der Waals surface area contributed by atoms with Gasteiger partial charge < -0.3 is 25.6 Å². The van der Waals surface area contributed by atoms with E-state index >= 15 is 4.79 Å². The number of carbonyl (C=O) groups excluding carboxylic acids is 5. The molecule has 3 N–H and O–H groups in total. The quantitative estimate of drug-likeness (QED) is 0.153. The second-order valence-electron chi connectivity index (χ2n) is 17.5. The van der Waals surface area contributed by atoms with Gasteiger partial charge in [-0.1, -0.05) is 107 Å². The molecule has 3 saturated carbocycles. The summed E-state index contributed by atoms with van der Waals surface area (Å²) in [7, 11) is 0. The number of aliphatic imine (C=N–C) groups is 1. The highest BCUT2D eigenvalue weighted by Crippen LogP contribution is 2.36. The largest absolute Gasteiger partial charge is 0.374 e. The molecule has 5 amide bonds. The van der Waals surface area contributed by atoms with E-state index in [1.165, 1.54) is 0 Å². The topological polar surface area (TPSA) is 146 Å². The van der Waals surface area contributed by atoms with Crippen LogP contribution < -0.4 is 16.0 Å². The number of nitrogens with zero attached hydrogens (tertiary/aromatic N) is 2. The van der Waals surface area contributed by atoms with Gasteiger partial charge in [-0.05, 0) is 91.7 Å². The van der Waals surface area contributed by atoms with Crippen LogP contribution in [0.1, 0.15) is 108 Å². The number of hydrogen-bond acceptors (Lipinski definition) is 6. The lowest BCUT2D eigenvalue weighted by molar-refractivity contribution is -0.142. The monoisotopic (exact) mass is 765 g/mol. The number of carbonyl (C=O) groups is 5. The zero-order valence-electron chi connectivity index (χ0n) is 33.1. The Hall–Kier alpha value is -4.38. The zero-order chi connectivity index (χ0) is 39.2. The van der Waals surface area contributed by atoms with E-state index in [1.807, 2.05) is 42.5 Å². The Morgan fingerprint density at radius 2 is 1.52 bits per heavy atom. The normalized spacial score (nSPS) is 22.8. The summed E-state index contributed by atoms with van der Waals surface area (Å²) in [5, 5.41) is 9.41. The first-order valence-corrected chi connectivity index (χ1v) is 21.1. The molecule has 1 aliphatic heterocycles. The molecule has 0 aromatic heterocycles. The van der Waals surface area contributed by atoms with Crippen molar-refractivity contribution in [2.24, 2.45) is 28.7 Å². The molecule has 11 heteroatoms. The predicted molar refractivity (Wildman–Crippen MR) is 214 cm³/mol. The van der Waals surface area contributed by atoms with E-state index in [-0.39, 0.29) is 29.6 Å². The summed E-state index contributed by atoms with van der Waals surface area (Å²) in [6, 6.07) is 15.0. The van der Waals surface area contributed by atoms with Crippen molar-refractivity contribution in [2.45, 2.75) is 134 Å². The first-order chi connectivity index (χ1) is 27.1. The summed E-state index contributed by atoms with van der Waals surface area (Å²) in [6.45, 7) is 5.34. The maximum Gasteiger partial charge on any atom is 0.315 e. The molecule has 2 unspecified atom stereocenters. The molecular formula is C45H59N5O6. The van der Waals surface area contributed by atoms with Crippen molar-refractivity contribution in [2.75, 3.05) is 13.2 Å². The maximum atomic E-state index is 15.0. The Balaban J connectivity index is 1.11. The second kappa shape index (κ2) is 17.8. The Labute approximate surface area is 331 Å². The average Bonchev–Trinajstić information content (AvgIpc) is 4.11. The second-order valence-corrected chi connectivity index (χ2v) is 17.5. The summed E-state index contributed by atoms with van der Waals surface area (Å²) in [6.07, 6.45) is 11.1.